The highest BCUT2D eigenvalue weighted by atomic mass is 16.7. The lowest BCUT2D eigenvalue weighted by Crippen LogP contribution is -2.41. The summed E-state index contributed by atoms with van der Waals surface area (Å²) in [6.07, 6.45) is 0. The highest BCUT2D eigenvalue weighted by Crippen LogP contribution is 2.63. The van der Waals surface area contributed by atoms with Crippen molar-refractivity contribution in [2.45, 2.75) is 44.3 Å². The molecule has 1 fully saturated rings. The number of hydrogen-bond donors (Lipinski definition) is 0. The van der Waals surface area contributed by atoms with Crippen LogP contribution in [0, 0.1) is 0 Å². The Morgan fingerprint density at radius 2 is 0.902 bits per heavy atom. The van der Waals surface area contributed by atoms with Crippen molar-refractivity contribution >= 4 is 29.6 Å². The summed E-state index contributed by atoms with van der Waals surface area (Å²) in [4.78, 5) is 2.41. The minimum atomic E-state index is -0.389. The van der Waals surface area contributed by atoms with Crippen molar-refractivity contribution in [3.63, 3.8) is 0 Å². The molecular weight excluding hydrogens is 501 g/mol. The Kier molecular flexibility index (Phi) is 5.08. The van der Waals surface area contributed by atoms with Crippen LogP contribution in [0.4, 0.5) is 17.1 Å². The Morgan fingerprint density at radius 3 is 1.39 bits per heavy atom. The topological polar surface area (TPSA) is 21.7 Å². The average molecular weight is 533 g/mol. The normalized spacial score (nSPS) is 18.5. The first-order chi connectivity index (χ1) is 19.8. The van der Waals surface area contributed by atoms with E-state index in [0.717, 1.165) is 11.2 Å². The van der Waals surface area contributed by atoms with E-state index in [4.69, 9.17) is 9.31 Å². The third-order valence-corrected chi connectivity index (χ3v) is 9.73. The first kappa shape index (κ1) is 24.7. The van der Waals surface area contributed by atoms with Gasteiger partial charge in [0.2, 0.25) is 0 Å². The number of fused-ring (bicyclic) bond motifs is 9. The molecule has 0 radical (unpaired) electrons. The van der Waals surface area contributed by atoms with Gasteiger partial charge in [0, 0.05) is 5.69 Å². The lowest BCUT2D eigenvalue weighted by atomic mass is 9.64. The zero-order valence-corrected chi connectivity index (χ0v) is 23.9. The second-order valence-electron chi connectivity index (χ2n) is 12.4. The number of rotatable bonds is 2. The van der Waals surface area contributed by atoms with Gasteiger partial charge in [-0.3, -0.25) is 0 Å². The molecule has 5 aromatic rings. The monoisotopic (exact) mass is 533 g/mol. The molecule has 0 aromatic heterocycles. The van der Waals surface area contributed by atoms with Crippen LogP contribution in [0.2, 0.25) is 0 Å². The summed E-state index contributed by atoms with van der Waals surface area (Å²) in [6, 6.07) is 44.4. The Hall–Kier alpha value is -4.12. The molecule has 0 amide bonds. The van der Waals surface area contributed by atoms with Gasteiger partial charge in [0.1, 0.15) is 0 Å². The van der Waals surface area contributed by atoms with Gasteiger partial charge >= 0.3 is 7.12 Å². The van der Waals surface area contributed by atoms with Crippen molar-refractivity contribution in [2.24, 2.45) is 0 Å². The third kappa shape index (κ3) is 3.23. The molecule has 4 heteroatoms. The summed E-state index contributed by atoms with van der Waals surface area (Å²) >= 11 is 0. The summed E-state index contributed by atoms with van der Waals surface area (Å²) in [6.45, 7) is 8.38. The van der Waals surface area contributed by atoms with Gasteiger partial charge in [-0.2, -0.15) is 0 Å². The molecule has 41 heavy (non-hydrogen) atoms. The predicted octanol–water partition coefficient (Wildman–Crippen LogP) is 8.13. The molecule has 3 aliphatic rings. The number of anilines is 3. The van der Waals surface area contributed by atoms with Crippen LogP contribution in [-0.2, 0) is 14.7 Å². The maximum atomic E-state index is 6.34. The van der Waals surface area contributed by atoms with Crippen LogP contribution in [0.25, 0.3) is 11.1 Å². The summed E-state index contributed by atoms with van der Waals surface area (Å²) in [5.41, 5.74) is 11.3. The van der Waals surface area contributed by atoms with E-state index in [2.05, 4.69) is 154 Å². The minimum absolute atomic E-state index is 0.372. The first-order valence-corrected chi connectivity index (χ1v) is 14.5. The van der Waals surface area contributed by atoms with Crippen LogP contribution in [-0.4, -0.2) is 18.3 Å². The molecule has 0 unspecified atom stereocenters. The van der Waals surface area contributed by atoms with Gasteiger partial charge in [0.15, 0.2) is 0 Å². The van der Waals surface area contributed by atoms with Crippen LogP contribution in [0.15, 0.2) is 121 Å². The van der Waals surface area contributed by atoms with Crippen molar-refractivity contribution in [2.75, 3.05) is 4.90 Å². The fraction of sp³-hybridized carbons (Fsp3) is 0.189. The smallest absolute Gasteiger partial charge is 0.399 e. The maximum absolute atomic E-state index is 6.34. The summed E-state index contributed by atoms with van der Waals surface area (Å²) in [7, 11) is -0.385. The van der Waals surface area contributed by atoms with Crippen LogP contribution >= 0.6 is 0 Å². The Bertz CT molecular complexity index is 1710. The van der Waals surface area contributed by atoms with Crippen molar-refractivity contribution in [1.29, 1.82) is 0 Å². The van der Waals surface area contributed by atoms with E-state index in [1.54, 1.807) is 0 Å². The van der Waals surface area contributed by atoms with E-state index in [9.17, 15) is 0 Å². The fourth-order valence-electron chi connectivity index (χ4n) is 7.10. The Balaban J connectivity index is 1.32. The molecule has 1 spiro atoms. The lowest BCUT2D eigenvalue weighted by Gasteiger charge is -2.45. The molecule has 0 saturated carbocycles. The standard InChI is InChI=1S/C37H32BNO2/c1-35(2)36(3,4)41-38(40-35)25-21-23-26(24-22-25)39-33-19-11-9-17-31(33)37(32-18-10-12-20-34(32)39)29-15-7-5-13-27(29)28-14-6-8-16-30(28)37/h5-24H,1-4H3. The largest absolute Gasteiger partial charge is 0.494 e. The molecule has 2 heterocycles. The number of benzene rings is 5. The molecule has 5 aromatic carbocycles. The SMILES string of the molecule is CC1(C)OB(c2ccc(N3c4ccccc4C4(c5ccccc5-c5ccccc54)c4ccccc43)cc2)OC1(C)C. The maximum Gasteiger partial charge on any atom is 0.494 e. The number of para-hydroxylation sites is 2. The molecule has 0 atom stereocenters. The average Bonchev–Trinajstić information content (AvgIpc) is 3.40. The summed E-state index contributed by atoms with van der Waals surface area (Å²) in [5.74, 6) is 0. The first-order valence-electron chi connectivity index (χ1n) is 14.5. The van der Waals surface area contributed by atoms with E-state index in [-0.39, 0.29) is 23.7 Å². The predicted molar refractivity (Wildman–Crippen MR) is 168 cm³/mol. The highest BCUT2D eigenvalue weighted by molar-refractivity contribution is 6.62. The summed E-state index contributed by atoms with van der Waals surface area (Å²) in [5, 5.41) is 0. The van der Waals surface area contributed by atoms with Gasteiger partial charge in [0.05, 0.1) is 28.0 Å². The van der Waals surface area contributed by atoms with Gasteiger partial charge < -0.3 is 14.2 Å². The van der Waals surface area contributed by atoms with Crippen LogP contribution in [0.1, 0.15) is 49.9 Å². The molecule has 200 valence electrons. The second-order valence-corrected chi connectivity index (χ2v) is 12.4. The van der Waals surface area contributed by atoms with Gasteiger partial charge in [-0.15, -0.1) is 0 Å². The van der Waals surface area contributed by atoms with Gasteiger partial charge in [-0.25, -0.2) is 0 Å². The Labute approximate surface area is 242 Å². The lowest BCUT2D eigenvalue weighted by molar-refractivity contribution is 0.00578. The van der Waals surface area contributed by atoms with Crippen molar-refractivity contribution in [1.82, 2.24) is 0 Å². The summed E-state index contributed by atoms with van der Waals surface area (Å²) < 4.78 is 12.7. The molecule has 8 rings (SSSR count). The van der Waals surface area contributed by atoms with Crippen molar-refractivity contribution in [3.8, 4) is 11.1 Å². The molecule has 0 bridgehead atoms. The third-order valence-electron chi connectivity index (χ3n) is 9.73. The fourth-order valence-corrected chi connectivity index (χ4v) is 7.10. The van der Waals surface area contributed by atoms with Gasteiger partial charge in [-0.05, 0) is 90.8 Å². The van der Waals surface area contributed by atoms with Crippen molar-refractivity contribution in [3.05, 3.63) is 144 Å². The van der Waals surface area contributed by atoms with E-state index < -0.39 is 0 Å². The number of nitrogens with zero attached hydrogens (tertiary/aromatic N) is 1. The molecule has 3 nitrogen and oxygen atoms in total. The minimum Gasteiger partial charge on any atom is -0.399 e. The van der Waals surface area contributed by atoms with E-state index >= 15 is 0 Å². The van der Waals surface area contributed by atoms with Crippen LogP contribution in [0.3, 0.4) is 0 Å². The molecule has 2 aliphatic heterocycles. The van der Waals surface area contributed by atoms with Crippen LogP contribution < -0.4 is 10.4 Å². The van der Waals surface area contributed by atoms with Crippen molar-refractivity contribution < 1.29 is 9.31 Å². The quantitative estimate of drug-likeness (QED) is 0.210. The van der Waals surface area contributed by atoms with E-state index in [1.165, 1.54) is 44.8 Å². The molecule has 1 saturated heterocycles. The highest BCUT2D eigenvalue weighted by Gasteiger charge is 2.53. The van der Waals surface area contributed by atoms with E-state index in [1.807, 2.05) is 0 Å². The van der Waals surface area contributed by atoms with Gasteiger partial charge in [0.25, 0.3) is 0 Å². The Morgan fingerprint density at radius 1 is 0.488 bits per heavy atom. The van der Waals surface area contributed by atoms with Crippen LogP contribution in [0.5, 0.6) is 0 Å². The van der Waals surface area contributed by atoms with E-state index in [0.29, 0.717) is 0 Å². The van der Waals surface area contributed by atoms with Gasteiger partial charge in [-0.1, -0.05) is 97.1 Å². The molecular formula is C37H32BNO2. The molecule has 1 aliphatic carbocycles. The second kappa shape index (κ2) is 8.45. The zero-order chi connectivity index (χ0) is 28.0. The number of hydrogen-bond acceptors (Lipinski definition) is 3. The molecule has 0 N–H and O–H groups in total. The zero-order valence-electron chi connectivity index (χ0n) is 23.9.